The van der Waals surface area contributed by atoms with Gasteiger partial charge in [0.05, 0.1) is 16.8 Å². The standard InChI is InChI=1S/C26H33N5O2S/c1-19(23-7-5-6-8-25(23)33-3)24-17-21(18-28-26(24)29-27)20-9-11-22(12-10-20)34(4,32)31-15-13-30(2)14-16-31/h5-12,17-19H,4,13-16,27H2,1-3H3,(H,28,29). The highest BCUT2D eigenvalue weighted by Crippen LogP contribution is 2.36. The summed E-state index contributed by atoms with van der Waals surface area (Å²) in [6.45, 7) is 5.40. The number of nitrogens with one attached hydrogen (secondary N) is 1. The average Bonchev–Trinajstić information content (AvgIpc) is 2.88. The van der Waals surface area contributed by atoms with Gasteiger partial charge in [-0.2, -0.15) is 0 Å². The molecule has 0 bridgehead atoms. The van der Waals surface area contributed by atoms with Crippen molar-refractivity contribution >= 4 is 21.4 Å². The second-order valence-electron chi connectivity index (χ2n) is 8.67. The van der Waals surface area contributed by atoms with Crippen molar-refractivity contribution in [3.05, 3.63) is 71.9 Å². The third-order valence-electron chi connectivity index (χ3n) is 6.56. The van der Waals surface area contributed by atoms with E-state index in [1.54, 1.807) is 13.3 Å². The van der Waals surface area contributed by atoms with E-state index >= 15 is 0 Å². The number of likely N-dealkylation sites (N-methyl/N-ethyl adjacent to an activating group) is 1. The molecule has 0 amide bonds. The van der Waals surface area contributed by atoms with Crippen molar-refractivity contribution in [2.75, 3.05) is 45.8 Å². The maximum atomic E-state index is 13.5. The molecule has 4 rings (SSSR count). The first-order valence-electron chi connectivity index (χ1n) is 11.4. The lowest BCUT2D eigenvalue weighted by Gasteiger charge is -2.34. The molecule has 34 heavy (non-hydrogen) atoms. The highest BCUT2D eigenvalue weighted by atomic mass is 32.2. The summed E-state index contributed by atoms with van der Waals surface area (Å²) >= 11 is 0. The second kappa shape index (κ2) is 10.1. The molecule has 1 aliphatic rings. The Kier molecular flexibility index (Phi) is 7.23. The Morgan fingerprint density at radius 3 is 2.38 bits per heavy atom. The lowest BCUT2D eigenvalue weighted by atomic mass is 9.91. The predicted octanol–water partition coefficient (Wildman–Crippen LogP) is 3.43. The van der Waals surface area contributed by atoms with Crippen LogP contribution in [-0.2, 0) is 9.71 Å². The fourth-order valence-corrected chi connectivity index (χ4v) is 5.99. The first-order chi connectivity index (χ1) is 16.3. The lowest BCUT2D eigenvalue weighted by molar-refractivity contribution is 0.228. The monoisotopic (exact) mass is 479 g/mol. The maximum absolute atomic E-state index is 13.5. The average molecular weight is 480 g/mol. The van der Waals surface area contributed by atoms with E-state index in [0.29, 0.717) is 5.82 Å². The number of pyridine rings is 1. The Labute approximate surface area is 202 Å². The fraction of sp³-hybridized carbons (Fsp3) is 0.308. The van der Waals surface area contributed by atoms with Crippen LogP contribution in [-0.4, -0.2) is 64.6 Å². The summed E-state index contributed by atoms with van der Waals surface area (Å²) in [5.74, 6) is 11.3. The zero-order valence-electron chi connectivity index (χ0n) is 20.0. The number of methoxy groups -OCH3 is 1. The van der Waals surface area contributed by atoms with Crippen LogP contribution in [0.5, 0.6) is 5.75 Å². The molecular formula is C26H33N5O2S. The van der Waals surface area contributed by atoms with Gasteiger partial charge in [0, 0.05) is 59.9 Å². The van der Waals surface area contributed by atoms with Crippen molar-refractivity contribution in [3.8, 4) is 16.9 Å². The van der Waals surface area contributed by atoms with Crippen molar-refractivity contribution in [3.63, 3.8) is 0 Å². The van der Waals surface area contributed by atoms with Crippen LogP contribution in [0.1, 0.15) is 24.0 Å². The van der Waals surface area contributed by atoms with E-state index in [1.165, 1.54) is 0 Å². The number of hydrogen-bond acceptors (Lipinski definition) is 6. The van der Waals surface area contributed by atoms with Gasteiger partial charge in [0.25, 0.3) is 0 Å². The smallest absolute Gasteiger partial charge is 0.143 e. The van der Waals surface area contributed by atoms with Crippen molar-refractivity contribution in [2.45, 2.75) is 17.7 Å². The minimum Gasteiger partial charge on any atom is -0.496 e. The molecule has 0 aliphatic carbocycles. The summed E-state index contributed by atoms with van der Waals surface area (Å²) in [5, 5.41) is 0. The van der Waals surface area contributed by atoms with Crippen molar-refractivity contribution in [1.82, 2.24) is 14.2 Å². The molecule has 2 heterocycles. The van der Waals surface area contributed by atoms with E-state index in [4.69, 9.17) is 10.6 Å². The van der Waals surface area contributed by atoms with Gasteiger partial charge in [0.2, 0.25) is 0 Å². The van der Waals surface area contributed by atoms with Crippen LogP contribution in [0.4, 0.5) is 5.82 Å². The number of piperazine rings is 1. The second-order valence-corrected chi connectivity index (χ2v) is 10.9. The molecule has 7 nitrogen and oxygen atoms in total. The topological polar surface area (TPSA) is 83.7 Å². The molecule has 3 aromatic rings. The van der Waals surface area contributed by atoms with E-state index in [1.807, 2.05) is 46.8 Å². The summed E-state index contributed by atoms with van der Waals surface area (Å²) < 4.78 is 21.1. The van der Waals surface area contributed by atoms with Gasteiger partial charge in [-0.3, -0.25) is 0 Å². The molecule has 0 saturated carbocycles. The molecule has 3 N–H and O–H groups in total. The Balaban J connectivity index is 1.64. The van der Waals surface area contributed by atoms with Gasteiger partial charge in [-0.1, -0.05) is 37.3 Å². The SMILES string of the molecule is C=S(=O)(c1ccc(-c2cnc(NN)c(C(C)c3ccccc3OC)c2)cc1)N1CCN(C)CC1. The molecule has 2 atom stereocenters. The molecule has 8 heteroatoms. The number of benzene rings is 2. The van der Waals surface area contributed by atoms with Crippen LogP contribution >= 0.6 is 0 Å². The number of nitrogens with two attached hydrogens (primary N) is 1. The highest BCUT2D eigenvalue weighted by molar-refractivity contribution is 7.98. The number of anilines is 1. The summed E-state index contributed by atoms with van der Waals surface area (Å²) in [6, 6.07) is 17.9. The van der Waals surface area contributed by atoms with E-state index in [-0.39, 0.29) is 5.92 Å². The number of para-hydroxylation sites is 1. The van der Waals surface area contributed by atoms with Crippen LogP contribution in [0.25, 0.3) is 11.1 Å². The van der Waals surface area contributed by atoms with Gasteiger partial charge in [0.1, 0.15) is 11.6 Å². The van der Waals surface area contributed by atoms with Crippen molar-refractivity contribution in [1.29, 1.82) is 0 Å². The first kappa shape index (κ1) is 24.2. The lowest BCUT2D eigenvalue weighted by Crippen LogP contribution is -2.46. The predicted molar refractivity (Wildman–Crippen MR) is 141 cm³/mol. The molecule has 1 saturated heterocycles. The van der Waals surface area contributed by atoms with E-state index < -0.39 is 9.71 Å². The zero-order chi connectivity index (χ0) is 24.3. The van der Waals surface area contributed by atoms with Crippen LogP contribution in [0.2, 0.25) is 0 Å². The van der Waals surface area contributed by atoms with E-state index in [9.17, 15) is 4.21 Å². The molecule has 2 unspecified atom stereocenters. The Hall–Kier alpha value is -2.91. The van der Waals surface area contributed by atoms with Gasteiger partial charge >= 0.3 is 0 Å². The minimum absolute atomic E-state index is 0.00438. The third kappa shape index (κ3) is 4.81. The minimum atomic E-state index is -2.51. The van der Waals surface area contributed by atoms with Crippen LogP contribution in [0, 0.1) is 0 Å². The van der Waals surface area contributed by atoms with Gasteiger partial charge in [-0.05, 0) is 42.7 Å². The van der Waals surface area contributed by atoms with Crippen LogP contribution < -0.4 is 16.0 Å². The Morgan fingerprint density at radius 2 is 1.74 bits per heavy atom. The number of ether oxygens (including phenoxy) is 1. The van der Waals surface area contributed by atoms with Gasteiger partial charge in [-0.15, -0.1) is 0 Å². The summed E-state index contributed by atoms with van der Waals surface area (Å²) in [6.07, 6.45) is 1.80. The number of aromatic nitrogens is 1. The molecule has 2 aromatic carbocycles. The number of hydrogen-bond donors (Lipinski definition) is 2. The summed E-state index contributed by atoms with van der Waals surface area (Å²) in [5.41, 5.74) is 6.69. The molecule has 180 valence electrons. The summed E-state index contributed by atoms with van der Waals surface area (Å²) in [7, 11) is 1.25. The first-order valence-corrected chi connectivity index (χ1v) is 13.0. The number of nitrogen functional groups attached to an aromatic ring is 1. The normalized spacial score (nSPS) is 17.6. The highest BCUT2D eigenvalue weighted by Gasteiger charge is 2.23. The molecule has 1 fully saturated rings. The molecule has 1 aromatic heterocycles. The fourth-order valence-electron chi connectivity index (χ4n) is 4.37. The van der Waals surface area contributed by atoms with Gasteiger partial charge in [0.15, 0.2) is 0 Å². The molecular weight excluding hydrogens is 446 g/mol. The maximum Gasteiger partial charge on any atom is 0.143 e. The molecule has 0 radical (unpaired) electrons. The number of rotatable bonds is 7. The number of hydrazine groups is 1. The van der Waals surface area contributed by atoms with Crippen molar-refractivity contribution in [2.24, 2.45) is 5.84 Å². The van der Waals surface area contributed by atoms with Crippen LogP contribution in [0.3, 0.4) is 0 Å². The summed E-state index contributed by atoms with van der Waals surface area (Å²) in [4.78, 5) is 7.56. The Morgan fingerprint density at radius 1 is 1.06 bits per heavy atom. The quantitative estimate of drug-likeness (QED) is 0.307. The van der Waals surface area contributed by atoms with Crippen LogP contribution in [0.15, 0.2) is 65.7 Å². The van der Waals surface area contributed by atoms with Crippen molar-refractivity contribution < 1.29 is 8.95 Å². The zero-order valence-corrected chi connectivity index (χ0v) is 20.8. The van der Waals surface area contributed by atoms with E-state index in [2.05, 4.69) is 47.3 Å². The number of nitrogens with zero attached hydrogens (tertiary/aromatic N) is 3. The Bertz CT molecular complexity index is 1240. The van der Waals surface area contributed by atoms with Gasteiger partial charge in [-0.25, -0.2) is 19.3 Å². The molecule has 1 aliphatic heterocycles. The van der Waals surface area contributed by atoms with E-state index in [0.717, 1.165) is 59.1 Å². The van der Waals surface area contributed by atoms with Gasteiger partial charge < -0.3 is 15.1 Å². The largest absolute Gasteiger partial charge is 0.496 e. The third-order valence-corrected chi connectivity index (χ3v) is 8.77. The molecule has 0 spiro atoms.